The Morgan fingerprint density at radius 2 is 2.15 bits per heavy atom. The second-order valence-corrected chi connectivity index (χ2v) is 2.88. The number of hydrogen-bond acceptors (Lipinski definition) is 3. The van der Waals surface area contributed by atoms with Crippen LogP contribution in [-0.2, 0) is 0 Å². The Labute approximate surface area is 75.4 Å². The topological polar surface area (TPSA) is 42.9 Å². The standard InChI is InChI=1S/C10H8N2O/c1-7-4-11-5-8-2-3-9(6-13)12-10(7)8/h2-6H,1H3. The first kappa shape index (κ1) is 7.86. The Bertz CT molecular complexity index is 465. The Morgan fingerprint density at radius 1 is 1.31 bits per heavy atom. The second-order valence-electron chi connectivity index (χ2n) is 2.88. The molecule has 13 heavy (non-hydrogen) atoms. The summed E-state index contributed by atoms with van der Waals surface area (Å²) in [4.78, 5) is 18.7. The Kier molecular flexibility index (Phi) is 1.77. The van der Waals surface area contributed by atoms with Crippen molar-refractivity contribution < 1.29 is 4.79 Å². The number of rotatable bonds is 1. The molecule has 64 valence electrons. The molecule has 0 spiro atoms. The van der Waals surface area contributed by atoms with Gasteiger partial charge in [-0.1, -0.05) is 0 Å². The Hall–Kier alpha value is -1.77. The van der Waals surface area contributed by atoms with E-state index in [0.717, 1.165) is 22.8 Å². The van der Waals surface area contributed by atoms with Gasteiger partial charge in [0, 0.05) is 17.8 Å². The van der Waals surface area contributed by atoms with E-state index in [2.05, 4.69) is 9.97 Å². The van der Waals surface area contributed by atoms with Crippen molar-refractivity contribution in [2.45, 2.75) is 6.92 Å². The molecule has 2 aromatic heterocycles. The number of carbonyl (C=O) groups is 1. The summed E-state index contributed by atoms with van der Waals surface area (Å²) in [6.45, 7) is 1.93. The predicted molar refractivity (Wildman–Crippen MR) is 49.7 cm³/mol. The lowest BCUT2D eigenvalue weighted by Crippen LogP contribution is -1.90. The number of aldehydes is 1. The summed E-state index contributed by atoms with van der Waals surface area (Å²) < 4.78 is 0. The molecule has 0 saturated heterocycles. The van der Waals surface area contributed by atoms with Crippen molar-refractivity contribution >= 4 is 17.2 Å². The molecular weight excluding hydrogens is 164 g/mol. The van der Waals surface area contributed by atoms with Gasteiger partial charge in [0.1, 0.15) is 5.69 Å². The number of aryl methyl sites for hydroxylation is 1. The lowest BCUT2D eigenvalue weighted by Gasteiger charge is -1.99. The third kappa shape index (κ3) is 1.28. The molecule has 2 aromatic rings. The van der Waals surface area contributed by atoms with Crippen molar-refractivity contribution in [1.82, 2.24) is 9.97 Å². The van der Waals surface area contributed by atoms with Crippen molar-refractivity contribution in [3.63, 3.8) is 0 Å². The van der Waals surface area contributed by atoms with Gasteiger partial charge in [-0.05, 0) is 24.6 Å². The van der Waals surface area contributed by atoms with E-state index < -0.39 is 0 Å². The number of fused-ring (bicyclic) bond motifs is 1. The molecule has 0 aromatic carbocycles. The van der Waals surface area contributed by atoms with Gasteiger partial charge in [0.25, 0.3) is 0 Å². The summed E-state index contributed by atoms with van der Waals surface area (Å²) in [7, 11) is 0. The van der Waals surface area contributed by atoms with E-state index in [1.165, 1.54) is 0 Å². The molecule has 0 bridgehead atoms. The maximum absolute atomic E-state index is 10.5. The van der Waals surface area contributed by atoms with Gasteiger partial charge in [0.15, 0.2) is 6.29 Å². The molecule has 2 heterocycles. The van der Waals surface area contributed by atoms with Gasteiger partial charge >= 0.3 is 0 Å². The van der Waals surface area contributed by atoms with Crippen LogP contribution in [0.5, 0.6) is 0 Å². The summed E-state index contributed by atoms with van der Waals surface area (Å²) in [5.74, 6) is 0. The van der Waals surface area contributed by atoms with Crippen molar-refractivity contribution in [3.8, 4) is 0 Å². The molecule has 0 fully saturated rings. The highest BCUT2D eigenvalue weighted by atomic mass is 16.1. The van der Waals surface area contributed by atoms with Crippen LogP contribution in [0.3, 0.4) is 0 Å². The maximum atomic E-state index is 10.5. The SMILES string of the molecule is Cc1cncc2ccc(C=O)nc12. The van der Waals surface area contributed by atoms with Crippen LogP contribution in [0.25, 0.3) is 10.9 Å². The molecule has 0 saturated carbocycles. The van der Waals surface area contributed by atoms with Crippen molar-refractivity contribution in [1.29, 1.82) is 0 Å². The fourth-order valence-electron chi connectivity index (χ4n) is 1.26. The van der Waals surface area contributed by atoms with Gasteiger partial charge in [0.05, 0.1) is 5.52 Å². The minimum Gasteiger partial charge on any atom is -0.296 e. The van der Waals surface area contributed by atoms with E-state index in [1.54, 1.807) is 18.5 Å². The zero-order valence-electron chi connectivity index (χ0n) is 7.19. The number of nitrogens with zero attached hydrogens (tertiary/aromatic N) is 2. The number of pyridine rings is 2. The van der Waals surface area contributed by atoms with Crippen LogP contribution < -0.4 is 0 Å². The fraction of sp³-hybridized carbons (Fsp3) is 0.100. The molecule has 0 amide bonds. The summed E-state index contributed by atoms with van der Waals surface area (Å²) >= 11 is 0. The molecular formula is C10H8N2O. The molecule has 0 aliphatic carbocycles. The van der Waals surface area contributed by atoms with Gasteiger partial charge in [-0.25, -0.2) is 4.98 Å². The first-order valence-electron chi connectivity index (χ1n) is 3.98. The van der Waals surface area contributed by atoms with Crippen LogP contribution in [0.4, 0.5) is 0 Å². The van der Waals surface area contributed by atoms with Crippen molar-refractivity contribution in [2.75, 3.05) is 0 Å². The first-order chi connectivity index (χ1) is 6.31. The minimum absolute atomic E-state index is 0.460. The monoisotopic (exact) mass is 172 g/mol. The minimum atomic E-state index is 0.460. The van der Waals surface area contributed by atoms with Crippen molar-refractivity contribution in [2.24, 2.45) is 0 Å². The van der Waals surface area contributed by atoms with Crippen LogP contribution >= 0.6 is 0 Å². The predicted octanol–water partition coefficient (Wildman–Crippen LogP) is 1.75. The highest BCUT2D eigenvalue weighted by Gasteiger charge is 1.99. The summed E-state index contributed by atoms with van der Waals surface area (Å²) in [6, 6.07) is 3.54. The smallest absolute Gasteiger partial charge is 0.168 e. The van der Waals surface area contributed by atoms with Crippen molar-refractivity contribution in [3.05, 3.63) is 35.8 Å². The highest BCUT2D eigenvalue weighted by molar-refractivity contribution is 5.84. The summed E-state index contributed by atoms with van der Waals surface area (Å²) in [5.41, 5.74) is 2.29. The number of carbonyl (C=O) groups excluding carboxylic acids is 1. The average molecular weight is 172 g/mol. The van der Waals surface area contributed by atoms with E-state index in [9.17, 15) is 4.79 Å². The second kappa shape index (κ2) is 2.94. The summed E-state index contributed by atoms with van der Waals surface area (Å²) in [6.07, 6.45) is 4.23. The first-order valence-corrected chi connectivity index (χ1v) is 3.98. The van der Waals surface area contributed by atoms with Crippen LogP contribution in [0.1, 0.15) is 16.1 Å². The van der Waals surface area contributed by atoms with E-state index in [-0.39, 0.29) is 0 Å². The normalized spacial score (nSPS) is 10.2. The highest BCUT2D eigenvalue weighted by Crippen LogP contribution is 2.13. The fourth-order valence-corrected chi connectivity index (χ4v) is 1.26. The molecule has 0 aliphatic heterocycles. The zero-order valence-corrected chi connectivity index (χ0v) is 7.19. The molecule has 0 unspecified atom stereocenters. The molecule has 3 heteroatoms. The molecule has 0 atom stereocenters. The van der Waals surface area contributed by atoms with Gasteiger partial charge in [-0.2, -0.15) is 0 Å². The maximum Gasteiger partial charge on any atom is 0.168 e. The van der Waals surface area contributed by atoms with Gasteiger partial charge in [-0.15, -0.1) is 0 Å². The van der Waals surface area contributed by atoms with E-state index in [4.69, 9.17) is 0 Å². The number of aromatic nitrogens is 2. The lowest BCUT2D eigenvalue weighted by molar-refractivity contribution is 0.111. The Morgan fingerprint density at radius 3 is 2.92 bits per heavy atom. The van der Waals surface area contributed by atoms with Crippen LogP contribution in [0.15, 0.2) is 24.5 Å². The van der Waals surface area contributed by atoms with E-state index >= 15 is 0 Å². The average Bonchev–Trinajstić information content (AvgIpc) is 2.18. The third-order valence-electron chi connectivity index (χ3n) is 1.92. The Balaban J connectivity index is 2.81. The van der Waals surface area contributed by atoms with Crippen LogP contribution in [-0.4, -0.2) is 16.3 Å². The molecule has 0 N–H and O–H groups in total. The zero-order chi connectivity index (χ0) is 9.26. The largest absolute Gasteiger partial charge is 0.296 e. The summed E-state index contributed by atoms with van der Waals surface area (Å²) in [5, 5.41) is 0.964. The van der Waals surface area contributed by atoms with Gasteiger partial charge < -0.3 is 0 Å². The van der Waals surface area contributed by atoms with Gasteiger partial charge in [0.2, 0.25) is 0 Å². The van der Waals surface area contributed by atoms with Crippen LogP contribution in [0, 0.1) is 6.92 Å². The van der Waals surface area contributed by atoms with Gasteiger partial charge in [-0.3, -0.25) is 9.78 Å². The molecule has 2 rings (SSSR count). The van der Waals surface area contributed by atoms with Crippen LogP contribution in [0.2, 0.25) is 0 Å². The van der Waals surface area contributed by atoms with E-state index in [0.29, 0.717) is 5.69 Å². The van der Waals surface area contributed by atoms with E-state index in [1.807, 2.05) is 13.0 Å². The number of hydrogen-bond donors (Lipinski definition) is 0. The lowest BCUT2D eigenvalue weighted by atomic mass is 10.2. The quantitative estimate of drug-likeness (QED) is 0.615. The molecule has 0 radical (unpaired) electrons. The third-order valence-corrected chi connectivity index (χ3v) is 1.92. The molecule has 0 aliphatic rings. The molecule has 3 nitrogen and oxygen atoms in total.